The lowest BCUT2D eigenvalue weighted by Gasteiger charge is -2.23. The first-order valence-corrected chi connectivity index (χ1v) is 7.74. The molecule has 1 aromatic rings. The Kier molecular flexibility index (Phi) is 4.46. The summed E-state index contributed by atoms with van der Waals surface area (Å²) in [6.07, 6.45) is -0.970. The highest BCUT2D eigenvalue weighted by atomic mass is 32.2. The molecule has 0 fully saturated rings. The summed E-state index contributed by atoms with van der Waals surface area (Å²) in [6, 6.07) is 7.17. The van der Waals surface area contributed by atoms with Crippen molar-refractivity contribution in [2.75, 3.05) is 24.0 Å². The Balaban J connectivity index is 2.29. The number of amides is 1. The second-order valence-corrected chi connectivity index (χ2v) is 5.80. The van der Waals surface area contributed by atoms with Crippen LogP contribution in [-0.4, -0.2) is 34.2 Å². The van der Waals surface area contributed by atoms with Gasteiger partial charge in [0.2, 0.25) is 0 Å². The third-order valence-corrected chi connectivity index (χ3v) is 4.23. The molecule has 0 radical (unpaired) electrons. The van der Waals surface area contributed by atoms with E-state index in [4.69, 9.17) is 0 Å². The summed E-state index contributed by atoms with van der Waals surface area (Å²) >= 11 is 0. The van der Waals surface area contributed by atoms with Crippen LogP contribution in [0.15, 0.2) is 24.3 Å². The number of hydrogen-bond acceptors (Lipinski definition) is 5. The lowest BCUT2D eigenvalue weighted by atomic mass is 10.2. The number of nitrogens with zero attached hydrogens (tertiary/aromatic N) is 1. The Morgan fingerprint density at radius 2 is 2.20 bits per heavy atom. The molecule has 1 heterocycles. The molecule has 110 valence electrons. The van der Waals surface area contributed by atoms with E-state index < -0.39 is 16.3 Å². The van der Waals surface area contributed by atoms with Crippen molar-refractivity contribution in [3.63, 3.8) is 0 Å². The molecule has 1 aliphatic heterocycles. The number of nitrogens with one attached hydrogen (secondary N) is 2. The van der Waals surface area contributed by atoms with E-state index in [-0.39, 0.29) is 13.2 Å². The van der Waals surface area contributed by atoms with Gasteiger partial charge in [0.15, 0.2) is 0 Å². The third kappa shape index (κ3) is 3.20. The number of hydrogen-bond donors (Lipinski definition) is 2. The fourth-order valence-electron chi connectivity index (χ4n) is 2.00. The van der Waals surface area contributed by atoms with Crippen molar-refractivity contribution in [1.82, 2.24) is 10.0 Å². The summed E-state index contributed by atoms with van der Waals surface area (Å²) in [4.78, 5) is 11.3. The molecule has 2 N–H and O–H groups in total. The van der Waals surface area contributed by atoms with Crippen LogP contribution in [0.2, 0.25) is 0 Å². The molecule has 0 spiro atoms. The van der Waals surface area contributed by atoms with Crippen LogP contribution >= 0.6 is 0 Å². The molecule has 0 aliphatic carbocycles. The van der Waals surface area contributed by atoms with Gasteiger partial charge in [-0.3, -0.25) is 4.31 Å². The summed E-state index contributed by atoms with van der Waals surface area (Å²) < 4.78 is 32.2. The summed E-state index contributed by atoms with van der Waals surface area (Å²) in [6.45, 7) is 3.04. The smallest absolute Gasteiger partial charge is 0.422 e. The molecule has 1 aliphatic rings. The second-order valence-electron chi connectivity index (χ2n) is 4.21. The standard InChI is InChI=1S/C12H17N3O4S/c1-2-19-12(16)14-20(17,18)15-8-7-13-9-10-5-3-4-6-11(10)15/h3-6,13H,2,7-9H2,1H3,(H,14,16). The van der Waals surface area contributed by atoms with Gasteiger partial charge in [-0.2, -0.15) is 8.42 Å². The Hall–Kier alpha value is -1.80. The van der Waals surface area contributed by atoms with Gasteiger partial charge in [0.05, 0.1) is 12.3 Å². The maximum atomic E-state index is 12.3. The van der Waals surface area contributed by atoms with Gasteiger partial charge in [0.25, 0.3) is 0 Å². The maximum Gasteiger partial charge on any atom is 0.422 e. The van der Waals surface area contributed by atoms with E-state index in [2.05, 4.69) is 10.1 Å². The zero-order valence-corrected chi connectivity index (χ0v) is 11.9. The van der Waals surface area contributed by atoms with Crippen molar-refractivity contribution >= 4 is 22.0 Å². The van der Waals surface area contributed by atoms with Crippen LogP contribution in [0.3, 0.4) is 0 Å². The lowest BCUT2D eigenvalue weighted by molar-refractivity contribution is 0.158. The molecule has 8 heteroatoms. The van der Waals surface area contributed by atoms with Crippen LogP contribution < -0.4 is 14.3 Å². The average molecular weight is 299 g/mol. The number of fused-ring (bicyclic) bond motifs is 1. The van der Waals surface area contributed by atoms with Gasteiger partial charge in [0, 0.05) is 19.6 Å². The average Bonchev–Trinajstić information content (AvgIpc) is 2.60. The first kappa shape index (κ1) is 14.6. The largest absolute Gasteiger partial charge is 0.449 e. The second kappa shape index (κ2) is 6.10. The van der Waals surface area contributed by atoms with Crippen molar-refractivity contribution in [3.05, 3.63) is 29.8 Å². The summed E-state index contributed by atoms with van der Waals surface area (Å²) in [7, 11) is -3.97. The van der Waals surface area contributed by atoms with E-state index in [0.717, 1.165) is 5.56 Å². The number of benzene rings is 1. The monoisotopic (exact) mass is 299 g/mol. The normalized spacial score (nSPS) is 15.2. The Bertz CT molecular complexity index is 588. The van der Waals surface area contributed by atoms with Gasteiger partial charge >= 0.3 is 16.3 Å². The molecule has 0 atom stereocenters. The molecule has 0 saturated carbocycles. The maximum absolute atomic E-state index is 12.3. The van der Waals surface area contributed by atoms with E-state index >= 15 is 0 Å². The molecule has 20 heavy (non-hydrogen) atoms. The Labute approximate surface area is 118 Å². The van der Waals surface area contributed by atoms with Crippen LogP contribution in [0.5, 0.6) is 0 Å². The highest BCUT2D eigenvalue weighted by Crippen LogP contribution is 2.24. The molecule has 7 nitrogen and oxygen atoms in total. The van der Waals surface area contributed by atoms with Crippen LogP contribution in [0.25, 0.3) is 0 Å². The highest BCUT2D eigenvalue weighted by Gasteiger charge is 2.27. The van der Waals surface area contributed by atoms with Crippen molar-refractivity contribution < 1.29 is 17.9 Å². The molecule has 0 bridgehead atoms. The van der Waals surface area contributed by atoms with Gasteiger partial charge in [-0.05, 0) is 18.6 Å². The topological polar surface area (TPSA) is 87.7 Å². The minimum atomic E-state index is -3.97. The van der Waals surface area contributed by atoms with Crippen molar-refractivity contribution in [1.29, 1.82) is 0 Å². The lowest BCUT2D eigenvalue weighted by Crippen LogP contribution is -2.45. The number of anilines is 1. The molecule has 1 amide bonds. The van der Waals surface area contributed by atoms with Crippen LogP contribution in [-0.2, 0) is 21.5 Å². The predicted octanol–water partition coefficient (Wildman–Crippen LogP) is 0.587. The molecule has 0 unspecified atom stereocenters. The SMILES string of the molecule is CCOC(=O)NS(=O)(=O)N1CCNCc2ccccc21. The Morgan fingerprint density at radius 1 is 1.45 bits per heavy atom. The third-order valence-electron chi connectivity index (χ3n) is 2.85. The van der Waals surface area contributed by atoms with Gasteiger partial charge in [0.1, 0.15) is 0 Å². The van der Waals surface area contributed by atoms with Crippen LogP contribution in [0.1, 0.15) is 12.5 Å². The van der Waals surface area contributed by atoms with E-state index in [1.54, 1.807) is 19.1 Å². The molecular formula is C12H17N3O4S. The van der Waals surface area contributed by atoms with Crippen molar-refractivity contribution in [2.24, 2.45) is 0 Å². The first-order valence-electron chi connectivity index (χ1n) is 6.30. The fourth-order valence-corrected chi connectivity index (χ4v) is 3.15. The van der Waals surface area contributed by atoms with Crippen molar-refractivity contribution in [3.8, 4) is 0 Å². The fraction of sp³-hybridized carbons (Fsp3) is 0.417. The van der Waals surface area contributed by atoms with Gasteiger partial charge in [-0.25, -0.2) is 9.52 Å². The van der Waals surface area contributed by atoms with Gasteiger partial charge in [-0.15, -0.1) is 0 Å². The summed E-state index contributed by atoms with van der Waals surface area (Å²) in [5.41, 5.74) is 1.42. The molecular weight excluding hydrogens is 282 g/mol. The summed E-state index contributed by atoms with van der Waals surface area (Å²) in [5.74, 6) is 0. The molecule has 2 rings (SSSR count). The van der Waals surface area contributed by atoms with Gasteiger partial charge < -0.3 is 10.1 Å². The Morgan fingerprint density at radius 3 is 2.95 bits per heavy atom. The molecule has 0 saturated heterocycles. The van der Waals surface area contributed by atoms with E-state index in [9.17, 15) is 13.2 Å². The molecule has 1 aromatic carbocycles. The minimum Gasteiger partial charge on any atom is -0.449 e. The van der Waals surface area contributed by atoms with Gasteiger partial charge in [-0.1, -0.05) is 18.2 Å². The molecule has 0 aromatic heterocycles. The zero-order valence-electron chi connectivity index (χ0n) is 11.1. The number of para-hydroxylation sites is 1. The van der Waals surface area contributed by atoms with Crippen molar-refractivity contribution in [2.45, 2.75) is 13.5 Å². The number of carbonyl (C=O) groups excluding carboxylic acids is 1. The van der Waals surface area contributed by atoms with Crippen LogP contribution in [0.4, 0.5) is 10.5 Å². The van der Waals surface area contributed by atoms with E-state index in [0.29, 0.717) is 18.8 Å². The van der Waals surface area contributed by atoms with Crippen LogP contribution in [0, 0.1) is 0 Å². The number of carbonyl (C=O) groups is 1. The van der Waals surface area contributed by atoms with E-state index in [1.165, 1.54) is 4.31 Å². The quantitative estimate of drug-likeness (QED) is 0.853. The minimum absolute atomic E-state index is 0.111. The van der Waals surface area contributed by atoms with E-state index in [1.807, 2.05) is 16.9 Å². The first-order chi connectivity index (χ1) is 9.54. The zero-order chi connectivity index (χ0) is 14.6. The predicted molar refractivity (Wildman–Crippen MR) is 74.6 cm³/mol. The summed E-state index contributed by atoms with van der Waals surface area (Å²) in [5, 5.41) is 3.13. The number of ether oxygens (including phenoxy) is 1. The highest BCUT2D eigenvalue weighted by molar-refractivity contribution is 7.91. The number of rotatable bonds is 3.